The second-order valence-corrected chi connectivity index (χ2v) is 4.91. The van der Waals surface area contributed by atoms with Gasteiger partial charge in [-0.1, -0.05) is 12.1 Å². The molecule has 0 amide bonds. The minimum atomic E-state index is -0.821. The van der Waals surface area contributed by atoms with Crippen molar-refractivity contribution in [2.24, 2.45) is 0 Å². The summed E-state index contributed by atoms with van der Waals surface area (Å²) in [7, 11) is -0.418. The molecule has 6 heteroatoms. The van der Waals surface area contributed by atoms with Crippen LogP contribution in [0, 0.1) is 0 Å². The van der Waals surface area contributed by atoms with Gasteiger partial charge in [0.15, 0.2) is 0 Å². The molecule has 0 aromatic rings. The maximum Gasteiger partial charge on any atom is 0.486 e. The zero-order valence-electron chi connectivity index (χ0n) is 9.95. The summed E-state index contributed by atoms with van der Waals surface area (Å²) in [6, 6.07) is 0. The highest BCUT2D eigenvalue weighted by Crippen LogP contribution is 2.36. The van der Waals surface area contributed by atoms with E-state index in [1.54, 1.807) is 12.1 Å². The van der Waals surface area contributed by atoms with Crippen LogP contribution in [0.4, 0.5) is 4.79 Å². The second kappa shape index (κ2) is 4.78. The van der Waals surface area contributed by atoms with Crippen LogP contribution in [0.15, 0.2) is 12.1 Å². The van der Waals surface area contributed by atoms with E-state index in [-0.39, 0.29) is 17.8 Å². The number of hydrogen-bond donors (Lipinski definition) is 0. The Morgan fingerprint density at radius 3 is 2.25 bits per heavy atom. The van der Waals surface area contributed by atoms with Crippen molar-refractivity contribution in [3.8, 4) is 0 Å². The van der Waals surface area contributed by atoms with Crippen molar-refractivity contribution >= 4 is 24.1 Å². The Morgan fingerprint density at radius 1 is 1.31 bits per heavy atom. The number of ether oxygens (including phenoxy) is 1. The van der Waals surface area contributed by atoms with Crippen LogP contribution < -0.4 is 0 Å². The molecule has 1 aliphatic rings. The minimum Gasteiger partial charge on any atom is -0.449 e. The average molecular weight is 246 g/mol. The van der Waals surface area contributed by atoms with Gasteiger partial charge in [-0.3, -0.25) is 0 Å². The van der Waals surface area contributed by atoms with Gasteiger partial charge in [0, 0.05) is 11.6 Å². The molecule has 0 atom stereocenters. The summed E-state index contributed by atoms with van der Waals surface area (Å²) in [4.78, 5) is 10.3. The fourth-order valence-electron chi connectivity index (χ4n) is 1.25. The van der Waals surface area contributed by atoms with Crippen molar-refractivity contribution in [3.05, 3.63) is 12.1 Å². The van der Waals surface area contributed by atoms with Gasteiger partial charge in [-0.2, -0.15) is 0 Å². The lowest BCUT2D eigenvalue weighted by Gasteiger charge is -2.32. The largest absolute Gasteiger partial charge is 0.486 e. The molecule has 0 spiro atoms. The predicted octanol–water partition coefficient (Wildman–Crippen LogP) is 2.55. The first-order chi connectivity index (χ1) is 7.24. The number of hydrogen-bond acceptors (Lipinski definition) is 4. The minimum absolute atomic E-state index is 0.117. The first-order valence-electron chi connectivity index (χ1n) is 5.09. The number of rotatable bonds is 3. The monoisotopic (exact) mass is 246 g/mol. The lowest BCUT2D eigenvalue weighted by atomic mass is 9.90. The van der Waals surface area contributed by atoms with Crippen LogP contribution in [-0.4, -0.2) is 30.4 Å². The molecule has 90 valence electrons. The topological polar surface area (TPSA) is 44.8 Å². The van der Waals surface area contributed by atoms with Crippen LogP contribution in [0.1, 0.15) is 27.7 Å². The fourth-order valence-corrected chi connectivity index (χ4v) is 1.31. The summed E-state index contributed by atoms with van der Waals surface area (Å²) < 4.78 is 15.9. The lowest BCUT2D eigenvalue weighted by molar-refractivity contribution is 0.00578. The highest BCUT2D eigenvalue weighted by atomic mass is 35.5. The van der Waals surface area contributed by atoms with Crippen LogP contribution in [0.3, 0.4) is 0 Å². The third kappa shape index (κ3) is 3.24. The number of carbonyl (C=O) groups excluding carboxylic acids is 1. The molecule has 1 aliphatic heterocycles. The maximum absolute atomic E-state index is 10.3. The standard InChI is InChI=1S/C10H16BClO4/c1-9(2)10(3,4)16-11(15-9)6-5-7-14-8(12)13/h5-6H,7H2,1-4H3. The van der Waals surface area contributed by atoms with Gasteiger partial charge in [0.25, 0.3) is 0 Å². The van der Waals surface area contributed by atoms with Crippen LogP contribution in [0.2, 0.25) is 0 Å². The van der Waals surface area contributed by atoms with E-state index in [0.717, 1.165) is 0 Å². The Bertz CT molecular complexity index is 285. The van der Waals surface area contributed by atoms with Crippen LogP contribution >= 0.6 is 11.6 Å². The summed E-state index contributed by atoms with van der Waals surface area (Å²) >= 11 is 5.01. The molecule has 1 saturated heterocycles. The Labute approximate surface area is 101 Å². The maximum atomic E-state index is 10.3. The first kappa shape index (κ1) is 13.5. The highest BCUT2D eigenvalue weighted by molar-refractivity contribution is 6.61. The van der Waals surface area contributed by atoms with Gasteiger partial charge in [0.2, 0.25) is 0 Å². The van der Waals surface area contributed by atoms with Gasteiger partial charge in [-0.05, 0) is 27.7 Å². The van der Waals surface area contributed by atoms with Crippen molar-refractivity contribution in [1.29, 1.82) is 0 Å². The van der Waals surface area contributed by atoms with E-state index in [9.17, 15) is 4.79 Å². The summed E-state index contributed by atoms with van der Waals surface area (Å²) in [5, 5.41) is 0. The van der Waals surface area contributed by atoms with Crippen molar-refractivity contribution in [1.82, 2.24) is 0 Å². The summed E-state index contributed by atoms with van der Waals surface area (Å²) in [5.74, 6) is 1.70. The molecule has 1 fully saturated rings. The van der Waals surface area contributed by atoms with E-state index < -0.39 is 12.5 Å². The van der Waals surface area contributed by atoms with Gasteiger partial charge in [-0.15, -0.1) is 0 Å². The van der Waals surface area contributed by atoms with Crippen LogP contribution in [0.25, 0.3) is 0 Å². The lowest BCUT2D eigenvalue weighted by Crippen LogP contribution is -2.41. The molecule has 16 heavy (non-hydrogen) atoms. The predicted molar refractivity (Wildman–Crippen MR) is 62.4 cm³/mol. The number of carbonyl (C=O) groups is 1. The zero-order valence-corrected chi connectivity index (χ0v) is 10.7. The fraction of sp³-hybridized carbons (Fsp3) is 0.700. The SMILES string of the molecule is CC1(C)OB(C=CCOC(=O)Cl)OC1(C)C. The van der Waals surface area contributed by atoms with Crippen molar-refractivity contribution in [3.63, 3.8) is 0 Å². The molecular weight excluding hydrogens is 230 g/mol. The molecule has 0 bridgehead atoms. The second-order valence-electron chi connectivity index (χ2n) is 4.60. The van der Waals surface area contributed by atoms with E-state index in [1.165, 1.54) is 0 Å². The molecule has 0 radical (unpaired) electrons. The molecule has 0 aromatic heterocycles. The molecule has 0 aliphatic carbocycles. The van der Waals surface area contributed by atoms with E-state index in [2.05, 4.69) is 4.74 Å². The Morgan fingerprint density at radius 2 is 1.81 bits per heavy atom. The number of halogens is 1. The molecule has 1 rings (SSSR count). The average Bonchev–Trinajstić information content (AvgIpc) is 2.29. The van der Waals surface area contributed by atoms with E-state index in [0.29, 0.717) is 0 Å². The molecule has 0 aromatic carbocycles. The van der Waals surface area contributed by atoms with E-state index in [4.69, 9.17) is 20.9 Å². The molecule has 0 N–H and O–H groups in total. The molecule has 1 heterocycles. The van der Waals surface area contributed by atoms with E-state index >= 15 is 0 Å². The third-order valence-electron chi connectivity index (χ3n) is 2.86. The van der Waals surface area contributed by atoms with Crippen LogP contribution in [0.5, 0.6) is 0 Å². The smallest absolute Gasteiger partial charge is 0.449 e. The van der Waals surface area contributed by atoms with Crippen molar-refractivity contribution in [2.45, 2.75) is 38.9 Å². The van der Waals surface area contributed by atoms with Gasteiger partial charge in [0.05, 0.1) is 11.2 Å². The Kier molecular flexibility index (Phi) is 4.04. The summed E-state index contributed by atoms with van der Waals surface area (Å²) in [6.07, 6.45) is 1.64. The molecule has 0 unspecified atom stereocenters. The van der Waals surface area contributed by atoms with Gasteiger partial charge in [-0.25, -0.2) is 4.79 Å². The highest BCUT2D eigenvalue weighted by Gasteiger charge is 2.49. The van der Waals surface area contributed by atoms with Gasteiger partial charge in [0.1, 0.15) is 6.61 Å². The van der Waals surface area contributed by atoms with Gasteiger partial charge < -0.3 is 14.0 Å². The van der Waals surface area contributed by atoms with Crippen molar-refractivity contribution < 1.29 is 18.8 Å². The Hall–Kier alpha value is -0.515. The normalized spacial score (nSPS) is 22.7. The van der Waals surface area contributed by atoms with Gasteiger partial charge >= 0.3 is 12.5 Å². The molecular formula is C10H16BClO4. The Balaban J connectivity index is 2.45. The molecule has 4 nitrogen and oxygen atoms in total. The van der Waals surface area contributed by atoms with Crippen molar-refractivity contribution in [2.75, 3.05) is 6.61 Å². The first-order valence-corrected chi connectivity index (χ1v) is 5.47. The zero-order chi connectivity index (χ0) is 12.4. The van der Waals surface area contributed by atoms with E-state index in [1.807, 2.05) is 27.7 Å². The van der Waals surface area contributed by atoms with Crippen LogP contribution in [-0.2, 0) is 14.0 Å². The summed E-state index contributed by atoms with van der Waals surface area (Å²) in [5.41, 5.74) is -1.53. The third-order valence-corrected chi connectivity index (χ3v) is 2.97. The summed E-state index contributed by atoms with van der Waals surface area (Å²) in [6.45, 7) is 8.00. The molecule has 0 saturated carbocycles. The quantitative estimate of drug-likeness (QED) is 0.567.